The monoisotopic (exact) mass is 483 g/mol. The summed E-state index contributed by atoms with van der Waals surface area (Å²) in [6, 6.07) is 22.6. The summed E-state index contributed by atoms with van der Waals surface area (Å²) < 4.78 is 5.67. The summed E-state index contributed by atoms with van der Waals surface area (Å²) in [7, 11) is 0. The number of hydrogen-bond acceptors (Lipinski definition) is 4. The van der Waals surface area contributed by atoms with E-state index in [9.17, 15) is 9.59 Å². The second-order valence-corrected chi connectivity index (χ2v) is 8.07. The topological polar surface area (TPSA) is 79.8 Å². The molecular weight excluding hydrogens is 461 g/mol. The lowest BCUT2D eigenvalue weighted by Crippen LogP contribution is -2.50. The first kappa shape index (κ1) is 24.3. The molecule has 6 nitrogen and oxygen atoms in total. The molecule has 0 unspecified atom stereocenters. The number of ether oxygens (including phenoxy) is 1. The molecule has 33 heavy (non-hydrogen) atoms. The highest BCUT2D eigenvalue weighted by Gasteiger charge is 2.25. The van der Waals surface area contributed by atoms with Crippen LogP contribution >= 0.6 is 23.2 Å². The number of carbonyl (C=O) groups excluding carboxylic acids is 2. The molecule has 3 aromatic carbocycles. The number of nitrogens with zero attached hydrogens (tertiary/aromatic N) is 1. The van der Waals surface area contributed by atoms with Crippen molar-refractivity contribution in [1.29, 1.82) is 0 Å². The van der Waals surface area contributed by atoms with Gasteiger partial charge in [-0.1, -0.05) is 83.9 Å². The Morgan fingerprint density at radius 2 is 1.64 bits per heavy atom. The van der Waals surface area contributed by atoms with Crippen molar-refractivity contribution in [3.63, 3.8) is 0 Å². The predicted molar refractivity (Wildman–Crippen MR) is 131 cm³/mol. The summed E-state index contributed by atoms with van der Waals surface area (Å²) >= 11 is 12.0. The molecule has 0 heterocycles. The Morgan fingerprint density at radius 3 is 2.30 bits per heavy atom. The Bertz CT molecular complexity index is 1110. The molecule has 0 radical (unpaired) electrons. The Labute approximate surface area is 202 Å². The summed E-state index contributed by atoms with van der Waals surface area (Å²) in [4.78, 5) is 25.6. The lowest BCUT2D eigenvalue weighted by molar-refractivity contribution is -0.132. The quantitative estimate of drug-likeness (QED) is 0.343. The van der Waals surface area contributed by atoms with E-state index in [0.29, 0.717) is 10.8 Å². The Balaban J connectivity index is 1.68. The fourth-order valence-electron chi connectivity index (χ4n) is 2.95. The minimum Gasteiger partial charge on any atom is -0.479 e. The minimum absolute atomic E-state index is 0.285. The number of benzene rings is 3. The molecule has 2 N–H and O–H groups in total. The van der Waals surface area contributed by atoms with Gasteiger partial charge in [0.15, 0.2) is 6.10 Å². The van der Waals surface area contributed by atoms with E-state index in [2.05, 4.69) is 15.8 Å². The zero-order valence-corrected chi connectivity index (χ0v) is 19.4. The third-order valence-electron chi connectivity index (χ3n) is 4.67. The molecule has 0 saturated carbocycles. The van der Waals surface area contributed by atoms with Crippen molar-refractivity contribution in [2.24, 2.45) is 5.10 Å². The third-order valence-corrected chi connectivity index (χ3v) is 5.20. The van der Waals surface area contributed by atoms with Crippen LogP contribution in [0, 0.1) is 0 Å². The predicted octanol–water partition coefficient (Wildman–Crippen LogP) is 4.64. The van der Waals surface area contributed by atoms with Crippen molar-refractivity contribution in [2.45, 2.75) is 25.5 Å². The van der Waals surface area contributed by atoms with Gasteiger partial charge in [0.25, 0.3) is 11.8 Å². The smallest absolute Gasteiger partial charge is 0.262 e. The van der Waals surface area contributed by atoms with Crippen LogP contribution in [-0.2, 0) is 16.0 Å². The average Bonchev–Trinajstić information content (AvgIpc) is 2.81. The van der Waals surface area contributed by atoms with Gasteiger partial charge in [0.2, 0.25) is 0 Å². The van der Waals surface area contributed by atoms with Crippen molar-refractivity contribution >= 4 is 41.2 Å². The van der Waals surface area contributed by atoms with Gasteiger partial charge in [-0.15, -0.1) is 0 Å². The van der Waals surface area contributed by atoms with Gasteiger partial charge in [-0.2, -0.15) is 5.10 Å². The lowest BCUT2D eigenvalue weighted by Gasteiger charge is -2.21. The number of rotatable bonds is 9. The van der Waals surface area contributed by atoms with Crippen molar-refractivity contribution in [2.75, 3.05) is 0 Å². The van der Waals surface area contributed by atoms with Crippen LogP contribution in [0.2, 0.25) is 10.0 Å². The molecule has 0 spiro atoms. The molecule has 0 aromatic heterocycles. The molecular formula is C25H23Cl2N3O3. The first-order valence-corrected chi connectivity index (χ1v) is 11.0. The van der Waals surface area contributed by atoms with Crippen LogP contribution in [0.1, 0.15) is 18.1 Å². The molecule has 2 amide bonds. The second kappa shape index (κ2) is 12.0. The van der Waals surface area contributed by atoms with Crippen molar-refractivity contribution < 1.29 is 14.3 Å². The van der Waals surface area contributed by atoms with E-state index in [1.807, 2.05) is 60.7 Å². The Kier molecular flexibility index (Phi) is 8.87. The van der Waals surface area contributed by atoms with E-state index in [-0.39, 0.29) is 11.4 Å². The highest BCUT2D eigenvalue weighted by Crippen LogP contribution is 2.28. The van der Waals surface area contributed by atoms with E-state index >= 15 is 0 Å². The molecule has 0 bridgehead atoms. The van der Waals surface area contributed by atoms with Gasteiger partial charge >= 0.3 is 0 Å². The van der Waals surface area contributed by atoms with Crippen LogP contribution in [-0.4, -0.2) is 30.2 Å². The summed E-state index contributed by atoms with van der Waals surface area (Å²) in [5, 5.41) is 7.50. The maximum Gasteiger partial charge on any atom is 0.262 e. The summed E-state index contributed by atoms with van der Waals surface area (Å²) in [6.07, 6.45) is 0.920. The average molecular weight is 484 g/mol. The molecule has 0 saturated heterocycles. The van der Waals surface area contributed by atoms with E-state index in [1.54, 1.807) is 19.1 Å². The number of halogens is 2. The van der Waals surface area contributed by atoms with E-state index in [1.165, 1.54) is 12.3 Å². The molecule has 0 aliphatic carbocycles. The van der Waals surface area contributed by atoms with E-state index in [4.69, 9.17) is 27.9 Å². The second-order valence-electron chi connectivity index (χ2n) is 7.23. The number of amides is 2. The zero-order valence-electron chi connectivity index (χ0n) is 17.9. The van der Waals surface area contributed by atoms with Gasteiger partial charge in [-0.3, -0.25) is 9.59 Å². The molecule has 2 atom stereocenters. The fourth-order valence-corrected chi connectivity index (χ4v) is 3.40. The van der Waals surface area contributed by atoms with Crippen LogP contribution in [0.15, 0.2) is 84.0 Å². The standard InChI is InChI=1S/C25H23Cl2N3O3/c1-17(33-23-13-12-20(26)15-21(23)27)24(31)29-22(14-18-8-4-2-5-9-18)25(32)30-28-16-19-10-6-3-7-11-19/h2-13,15-17,22H,14H2,1H3,(H,29,31)(H,30,32)/b28-16-/t17-,22-/m0/s1. The molecule has 3 aromatic rings. The number of nitrogens with one attached hydrogen (secondary N) is 2. The number of carbonyl (C=O) groups is 2. The van der Waals surface area contributed by atoms with Gasteiger partial charge in [0.05, 0.1) is 11.2 Å². The maximum atomic E-state index is 12.8. The Morgan fingerprint density at radius 1 is 0.970 bits per heavy atom. The van der Waals surface area contributed by atoms with Crippen molar-refractivity contribution in [3.8, 4) is 5.75 Å². The van der Waals surface area contributed by atoms with Gasteiger partial charge in [-0.25, -0.2) is 5.43 Å². The first-order chi connectivity index (χ1) is 15.9. The minimum atomic E-state index is -0.900. The van der Waals surface area contributed by atoms with E-state index in [0.717, 1.165) is 11.1 Å². The molecule has 0 aliphatic rings. The van der Waals surface area contributed by atoms with Gasteiger partial charge in [-0.05, 0) is 36.2 Å². The number of hydrogen-bond donors (Lipinski definition) is 2. The summed E-state index contributed by atoms with van der Waals surface area (Å²) in [6.45, 7) is 1.57. The SMILES string of the molecule is C[C@H](Oc1ccc(Cl)cc1Cl)C(=O)N[C@@H](Cc1ccccc1)C(=O)N/N=C\c1ccccc1. The highest BCUT2D eigenvalue weighted by molar-refractivity contribution is 6.35. The fraction of sp³-hybridized carbons (Fsp3) is 0.160. The molecule has 0 aliphatic heterocycles. The summed E-state index contributed by atoms with van der Waals surface area (Å²) in [5.41, 5.74) is 4.22. The highest BCUT2D eigenvalue weighted by atomic mass is 35.5. The zero-order chi connectivity index (χ0) is 23.6. The van der Waals surface area contributed by atoms with Gasteiger partial charge in [0.1, 0.15) is 11.8 Å². The maximum absolute atomic E-state index is 12.8. The third kappa shape index (κ3) is 7.63. The van der Waals surface area contributed by atoms with E-state index < -0.39 is 24.0 Å². The van der Waals surface area contributed by atoms with Crippen LogP contribution in [0.25, 0.3) is 0 Å². The molecule has 3 rings (SSSR count). The first-order valence-electron chi connectivity index (χ1n) is 10.3. The van der Waals surface area contributed by atoms with Gasteiger partial charge < -0.3 is 10.1 Å². The van der Waals surface area contributed by atoms with Crippen molar-refractivity contribution in [3.05, 3.63) is 100 Å². The van der Waals surface area contributed by atoms with Crippen LogP contribution in [0.5, 0.6) is 5.75 Å². The number of hydrazone groups is 1. The molecule has 8 heteroatoms. The van der Waals surface area contributed by atoms with Crippen LogP contribution in [0.3, 0.4) is 0 Å². The van der Waals surface area contributed by atoms with Gasteiger partial charge in [0, 0.05) is 11.4 Å². The lowest BCUT2D eigenvalue weighted by atomic mass is 10.1. The normalized spacial score (nSPS) is 12.7. The van der Waals surface area contributed by atoms with Crippen molar-refractivity contribution in [1.82, 2.24) is 10.7 Å². The molecule has 170 valence electrons. The van der Waals surface area contributed by atoms with Crippen LogP contribution < -0.4 is 15.5 Å². The summed E-state index contributed by atoms with van der Waals surface area (Å²) in [5.74, 6) is -0.597. The Hall–Kier alpha value is -3.35. The van der Waals surface area contributed by atoms with Crippen LogP contribution in [0.4, 0.5) is 0 Å². The molecule has 0 fully saturated rings. The largest absolute Gasteiger partial charge is 0.479 e.